The van der Waals surface area contributed by atoms with Gasteiger partial charge in [-0.25, -0.2) is 0 Å². The Hall–Kier alpha value is -0.900. The van der Waals surface area contributed by atoms with E-state index < -0.39 is 0 Å². The summed E-state index contributed by atoms with van der Waals surface area (Å²) in [6.07, 6.45) is 7.67. The molecule has 0 amide bonds. The molecule has 3 aliphatic rings. The van der Waals surface area contributed by atoms with Gasteiger partial charge in [0.2, 0.25) is 0 Å². The van der Waals surface area contributed by atoms with E-state index in [0.29, 0.717) is 6.04 Å². The molecule has 1 aromatic heterocycles. The van der Waals surface area contributed by atoms with Crippen LogP contribution >= 0.6 is 0 Å². The molecule has 0 saturated heterocycles. The maximum atomic E-state index is 4.27. The zero-order valence-electron chi connectivity index (χ0n) is 11.9. The Morgan fingerprint density at radius 1 is 1.37 bits per heavy atom. The lowest BCUT2D eigenvalue weighted by Crippen LogP contribution is -2.35. The third-order valence-corrected chi connectivity index (χ3v) is 5.80. The molecule has 5 unspecified atom stereocenters. The summed E-state index contributed by atoms with van der Waals surface area (Å²) in [6, 6.07) is 0.625. The second-order valence-electron chi connectivity index (χ2n) is 6.82. The van der Waals surface area contributed by atoms with Crippen molar-refractivity contribution < 1.29 is 0 Å². The lowest BCUT2D eigenvalue weighted by Gasteiger charge is -2.20. The Labute approximate surface area is 115 Å². The first-order valence-corrected chi connectivity index (χ1v) is 7.86. The maximum absolute atomic E-state index is 4.27. The van der Waals surface area contributed by atoms with E-state index in [2.05, 4.69) is 28.7 Å². The average molecular weight is 260 g/mol. The fraction of sp³-hybridized carbons (Fsp3) is 0.867. The number of nitrogens with one attached hydrogen (secondary N) is 1. The lowest BCUT2D eigenvalue weighted by atomic mass is 9.95. The molecule has 5 atom stereocenters. The van der Waals surface area contributed by atoms with Crippen molar-refractivity contribution in [2.45, 2.75) is 38.6 Å². The summed E-state index contributed by atoms with van der Waals surface area (Å²) >= 11 is 0. The van der Waals surface area contributed by atoms with Crippen LogP contribution in [0.5, 0.6) is 0 Å². The highest BCUT2D eigenvalue weighted by atomic mass is 15.4. The third-order valence-electron chi connectivity index (χ3n) is 5.80. The summed E-state index contributed by atoms with van der Waals surface area (Å²) in [5, 5.41) is 12.1. The number of rotatable bonds is 5. The monoisotopic (exact) mass is 260 g/mol. The predicted octanol–water partition coefficient (Wildman–Crippen LogP) is 1.63. The topological polar surface area (TPSA) is 42.7 Å². The van der Waals surface area contributed by atoms with E-state index in [0.717, 1.165) is 48.2 Å². The van der Waals surface area contributed by atoms with Crippen molar-refractivity contribution >= 4 is 0 Å². The molecule has 4 rings (SSSR count). The fourth-order valence-electron chi connectivity index (χ4n) is 5.25. The van der Waals surface area contributed by atoms with Crippen molar-refractivity contribution in [3.05, 3.63) is 11.9 Å². The SMILES string of the molecule is CCNC(Cc1cn(C)nn1)C1C2C3CCC(C3)C21. The number of hydrogen-bond donors (Lipinski definition) is 1. The highest BCUT2D eigenvalue weighted by molar-refractivity contribution is 5.17. The molecule has 3 saturated carbocycles. The Bertz CT molecular complexity index is 452. The van der Waals surface area contributed by atoms with Crippen LogP contribution in [0.2, 0.25) is 0 Å². The van der Waals surface area contributed by atoms with E-state index in [-0.39, 0.29) is 0 Å². The molecule has 0 spiro atoms. The Morgan fingerprint density at radius 3 is 2.68 bits per heavy atom. The minimum atomic E-state index is 0.625. The van der Waals surface area contributed by atoms with E-state index in [4.69, 9.17) is 0 Å². The quantitative estimate of drug-likeness (QED) is 0.875. The zero-order chi connectivity index (χ0) is 13.0. The minimum Gasteiger partial charge on any atom is -0.314 e. The van der Waals surface area contributed by atoms with Crippen LogP contribution < -0.4 is 5.32 Å². The van der Waals surface area contributed by atoms with E-state index in [1.54, 1.807) is 0 Å². The molecule has 0 aromatic carbocycles. The van der Waals surface area contributed by atoms with Gasteiger partial charge in [0.15, 0.2) is 0 Å². The average Bonchev–Trinajstić information content (AvgIpc) is 2.74. The summed E-state index contributed by atoms with van der Waals surface area (Å²) in [7, 11) is 1.95. The molecular formula is C15H24N4. The Balaban J connectivity index is 1.47. The molecule has 3 aliphatic carbocycles. The van der Waals surface area contributed by atoms with Crippen LogP contribution in [-0.4, -0.2) is 27.6 Å². The first kappa shape index (κ1) is 11.9. The second kappa shape index (κ2) is 4.30. The molecule has 1 aromatic rings. The van der Waals surface area contributed by atoms with Gasteiger partial charge in [0.25, 0.3) is 0 Å². The zero-order valence-corrected chi connectivity index (χ0v) is 11.9. The normalized spacial score (nSPS) is 40.4. The number of aromatic nitrogens is 3. The van der Waals surface area contributed by atoms with Crippen LogP contribution in [0.4, 0.5) is 0 Å². The summed E-state index contributed by atoms with van der Waals surface area (Å²) in [4.78, 5) is 0. The number of aryl methyl sites for hydroxylation is 1. The van der Waals surface area contributed by atoms with Gasteiger partial charge >= 0.3 is 0 Å². The highest BCUT2D eigenvalue weighted by Crippen LogP contribution is 2.70. The predicted molar refractivity (Wildman–Crippen MR) is 73.5 cm³/mol. The van der Waals surface area contributed by atoms with Crippen molar-refractivity contribution in [2.24, 2.45) is 36.6 Å². The van der Waals surface area contributed by atoms with Crippen molar-refractivity contribution in [2.75, 3.05) is 6.54 Å². The van der Waals surface area contributed by atoms with Gasteiger partial charge < -0.3 is 5.32 Å². The van der Waals surface area contributed by atoms with E-state index in [1.807, 2.05) is 11.7 Å². The summed E-state index contributed by atoms with van der Waals surface area (Å²) in [6.45, 7) is 3.28. The first-order valence-electron chi connectivity index (χ1n) is 7.86. The summed E-state index contributed by atoms with van der Waals surface area (Å²) in [5.41, 5.74) is 1.14. The van der Waals surface area contributed by atoms with E-state index >= 15 is 0 Å². The van der Waals surface area contributed by atoms with E-state index in [1.165, 1.54) is 19.3 Å². The standard InChI is InChI=1S/C15H24N4/c1-3-16-12(7-11-8-19(2)18-17-11)15-13-9-4-5-10(6-9)14(13)15/h8-10,12-16H,3-7H2,1-2H3. The van der Waals surface area contributed by atoms with Gasteiger partial charge in [-0.3, -0.25) is 4.68 Å². The van der Waals surface area contributed by atoms with Crippen LogP contribution in [0.15, 0.2) is 6.20 Å². The fourth-order valence-corrected chi connectivity index (χ4v) is 5.25. The van der Waals surface area contributed by atoms with Crippen LogP contribution in [0.25, 0.3) is 0 Å². The molecule has 0 radical (unpaired) electrons. The van der Waals surface area contributed by atoms with Gasteiger partial charge in [0.1, 0.15) is 0 Å². The molecule has 0 aliphatic heterocycles. The molecule has 2 bridgehead atoms. The molecule has 19 heavy (non-hydrogen) atoms. The number of nitrogens with zero attached hydrogens (tertiary/aromatic N) is 3. The van der Waals surface area contributed by atoms with Gasteiger partial charge in [-0.05, 0) is 55.4 Å². The van der Waals surface area contributed by atoms with Gasteiger partial charge in [0.05, 0.1) is 5.69 Å². The summed E-state index contributed by atoms with van der Waals surface area (Å²) in [5.74, 6) is 5.12. The van der Waals surface area contributed by atoms with Crippen molar-refractivity contribution in [3.8, 4) is 0 Å². The first-order chi connectivity index (χ1) is 9.28. The largest absolute Gasteiger partial charge is 0.314 e. The highest BCUT2D eigenvalue weighted by Gasteiger charge is 2.66. The third kappa shape index (κ3) is 1.83. The van der Waals surface area contributed by atoms with Gasteiger partial charge in [-0.1, -0.05) is 12.1 Å². The molecule has 1 heterocycles. The molecule has 3 fully saturated rings. The van der Waals surface area contributed by atoms with Crippen LogP contribution in [0.3, 0.4) is 0 Å². The van der Waals surface area contributed by atoms with Crippen molar-refractivity contribution in [3.63, 3.8) is 0 Å². The molecular weight excluding hydrogens is 236 g/mol. The van der Waals surface area contributed by atoms with Crippen LogP contribution in [0.1, 0.15) is 31.9 Å². The second-order valence-corrected chi connectivity index (χ2v) is 6.82. The molecule has 4 heteroatoms. The van der Waals surface area contributed by atoms with Crippen LogP contribution in [0, 0.1) is 29.6 Å². The van der Waals surface area contributed by atoms with Crippen LogP contribution in [-0.2, 0) is 13.5 Å². The molecule has 104 valence electrons. The minimum absolute atomic E-state index is 0.625. The number of hydrogen-bond acceptors (Lipinski definition) is 3. The molecule has 1 N–H and O–H groups in total. The summed E-state index contributed by atoms with van der Waals surface area (Å²) < 4.78 is 1.82. The number of likely N-dealkylation sites (N-methyl/N-ethyl adjacent to an activating group) is 1. The van der Waals surface area contributed by atoms with Gasteiger partial charge in [-0.15, -0.1) is 5.10 Å². The van der Waals surface area contributed by atoms with Gasteiger partial charge in [-0.2, -0.15) is 0 Å². The maximum Gasteiger partial charge on any atom is 0.0842 e. The van der Waals surface area contributed by atoms with Gasteiger partial charge in [0, 0.05) is 25.7 Å². The van der Waals surface area contributed by atoms with Crippen molar-refractivity contribution in [1.29, 1.82) is 0 Å². The lowest BCUT2D eigenvalue weighted by molar-refractivity contribution is 0.364. The molecule has 4 nitrogen and oxygen atoms in total. The number of fused-ring (bicyclic) bond motifs is 5. The van der Waals surface area contributed by atoms with Crippen molar-refractivity contribution in [1.82, 2.24) is 20.3 Å². The Morgan fingerprint density at radius 2 is 2.11 bits per heavy atom. The van der Waals surface area contributed by atoms with E-state index in [9.17, 15) is 0 Å². The smallest absolute Gasteiger partial charge is 0.0842 e. The Kier molecular flexibility index (Phi) is 2.69.